The molecule has 2 aromatic heterocycles. The first-order valence-corrected chi connectivity index (χ1v) is 38.1. The summed E-state index contributed by atoms with van der Waals surface area (Å²) in [5, 5.41) is 24.9. The lowest BCUT2D eigenvalue weighted by atomic mass is 9.85. The van der Waals surface area contributed by atoms with Crippen molar-refractivity contribution in [3.8, 4) is 45.5 Å². The van der Waals surface area contributed by atoms with Crippen molar-refractivity contribution in [2.45, 2.75) is 178 Å². The number of rotatable bonds is 25. The molecule has 6 fully saturated rings. The number of aliphatic carboxylic acids is 1. The molecule has 7 amide bonds. The van der Waals surface area contributed by atoms with Gasteiger partial charge in [-0.05, 0) is 99.3 Å². The van der Waals surface area contributed by atoms with Gasteiger partial charge >= 0.3 is 25.9 Å². The van der Waals surface area contributed by atoms with Crippen LogP contribution in [-0.4, -0.2) is 174 Å². The van der Waals surface area contributed by atoms with E-state index in [2.05, 4.69) is 39.5 Å². The molecule has 0 radical (unpaired) electrons. The second-order valence-electron chi connectivity index (χ2n) is 30.6. The highest BCUT2D eigenvalue weighted by Crippen LogP contribution is 2.50. The molecule has 108 heavy (non-hydrogen) atoms. The molecular formula is C80H98N9O18P. The molecule has 4 saturated carbocycles. The van der Waals surface area contributed by atoms with E-state index in [1.165, 1.54) is 22.0 Å². The molecule has 0 spiro atoms. The Labute approximate surface area is 628 Å². The van der Waals surface area contributed by atoms with Crippen molar-refractivity contribution in [1.82, 2.24) is 46.1 Å². The SMILES string of the molecule is C=C[C@@H]1C[C@]1(NC(=O)[C@@H]1C[C@@H](Oc2cc(-c3ccccc3)nc3cc(OC)ccc23)CN1C(=O)[C@@H](NC(=O)OC1CCCC1)C(C)(C)C)C(=O)NP(=O)(OC)OC.C=C[C@@H]1C[C@]1(NC(=O)[C@@H]1C[C@@H](Oc2cc(-c3ccccc3)nc3cc(OC)ccc23)CN1C(=O)[C@@H](NC(=O)OC1CCCC1)C(C)(C)C)C(=O)O. The second kappa shape index (κ2) is 32.8. The molecule has 6 N–H and O–H groups in total. The molecule has 4 heterocycles. The minimum Gasteiger partial charge on any atom is -0.497 e. The fourth-order valence-corrected chi connectivity index (χ4v) is 15.5. The molecule has 6 aliphatic rings. The maximum Gasteiger partial charge on any atom is 0.434 e. The van der Waals surface area contributed by atoms with E-state index in [0.717, 1.165) is 76.7 Å². The van der Waals surface area contributed by atoms with Crippen molar-refractivity contribution in [1.29, 1.82) is 0 Å². The van der Waals surface area contributed by atoms with Crippen LogP contribution >= 0.6 is 7.75 Å². The Morgan fingerprint density at radius 2 is 0.944 bits per heavy atom. The van der Waals surface area contributed by atoms with Gasteiger partial charge in [-0.3, -0.25) is 38.1 Å². The number of fused-ring (bicyclic) bond motifs is 2. The van der Waals surface area contributed by atoms with Crippen LogP contribution in [0.4, 0.5) is 9.59 Å². The minimum atomic E-state index is -4.02. The van der Waals surface area contributed by atoms with Gasteiger partial charge < -0.3 is 64.6 Å². The summed E-state index contributed by atoms with van der Waals surface area (Å²) in [6.07, 6.45) is 7.22. The number of carboxylic acids is 1. The zero-order valence-electron chi connectivity index (χ0n) is 62.8. The number of benzene rings is 4. The van der Waals surface area contributed by atoms with Crippen molar-refractivity contribution in [3.63, 3.8) is 0 Å². The van der Waals surface area contributed by atoms with Gasteiger partial charge in [-0.2, -0.15) is 0 Å². The topological polar surface area (TPSA) is 340 Å². The molecule has 10 atom stereocenters. The summed E-state index contributed by atoms with van der Waals surface area (Å²) in [6, 6.07) is 29.5. The molecular weight excluding hydrogens is 1410 g/mol. The van der Waals surface area contributed by atoms with Crippen LogP contribution < -0.4 is 45.3 Å². The Balaban J connectivity index is 0.000000216. The molecule has 27 nitrogen and oxygen atoms in total. The number of alkyl carbamates (subject to hydrolysis) is 2. The lowest BCUT2D eigenvalue weighted by Gasteiger charge is -2.35. The predicted octanol–water partition coefficient (Wildman–Crippen LogP) is 11.4. The number of aromatic nitrogens is 2. The number of pyridine rings is 2. The number of amides is 7. The maximum atomic E-state index is 14.7. The molecule has 2 aliphatic heterocycles. The number of ether oxygens (including phenoxy) is 6. The molecule has 4 aromatic carbocycles. The largest absolute Gasteiger partial charge is 0.497 e. The molecule has 0 bridgehead atoms. The summed E-state index contributed by atoms with van der Waals surface area (Å²) in [4.78, 5) is 122. The number of hydrogen-bond acceptors (Lipinski definition) is 19. The van der Waals surface area contributed by atoms with Crippen molar-refractivity contribution in [3.05, 3.63) is 135 Å². The van der Waals surface area contributed by atoms with Crippen LogP contribution in [0.15, 0.2) is 135 Å². The van der Waals surface area contributed by atoms with Crippen LogP contribution in [0.25, 0.3) is 44.3 Å². The van der Waals surface area contributed by atoms with Gasteiger partial charge in [0.15, 0.2) is 0 Å². The Kier molecular flexibility index (Phi) is 24.0. The zero-order chi connectivity index (χ0) is 77.6. The van der Waals surface area contributed by atoms with Gasteiger partial charge in [-0.25, -0.2) is 28.9 Å². The lowest BCUT2D eigenvalue weighted by molar-refractivity contribution is -0.146. The average Bonchev–Trinajstić information content (AvgIpc) is 1.57. The van der Waals surface area contributed by atoms with Crippen molar-refractivity contribution >= 4 is 77.2 Å². The number of hydrogen-bond donors (Lipinski definition) is 6. The highest BCUT2D eigenvalue weighted by Gasteiger charge is 2.63. The van der Waals surface area contributed by atoms with E-state index < -0.39 is 126 Å². The third-order valence-electron chi connectivity index (χ3n) is 21.1. The van der Waals surface area contributed by atoms with Crippen LogP contribution in [0.3, 0.4) is 0 Å². The highest BCUT2D eigenvalue weighted by atomic mass is 31.2. The fraction of sp³-hybridized carbons (Fsp3) is 0.475. The zero-order valence-corrected chi connectivity index (χ0v) is 63.7. The van der Waals surface area contributed by atoms with E-state index in [1.807, 2.05) is 139 Å². The van der Waals surface area contributed by atoms with Crippen LogP contribution in [0.5, 0.6) is 23.0 Å². The minimum absolute atomic E-state index is 0.00839. The van der Waals surface area contributed by atoms with Crippen molar-refractivity contribution in [2.24, 2.45) is 22.7 Å². The first-order chi connectivity index (χ1) is 51.4. The third-order valence-corrected chi connectivity index (χ3v) is 22.5. The average molecular weight is 1500 g/mol. The molecule has 6 aromatic rings. The number of methoxy groups -OCH3 is 2. The molecule has 0 unspecified atom stereocenters. The predicted molar refractivity (Wildman–Crippen MR) is 403 cm³/mol. The molecule has 576 valence electrons. The van der Waals surface area contributed by atoms with E-state index in [1.54, 1.807) is 26.4 Å². The number of nitrogens with zero attached hydrogens (tertiary/aromatic N) is 4. The van der Waals surface area contributed by atoms with Crippen LogP contribution in [0, 0.1) is 22.7 Å². The van der Waals surface area contributed by atoms with E-state index in [4.69, 9.17) is 47.4 Å². The number of likely N-dealkylation sites (tertiary alicyclic amines) is 2. The maximum absolute atomic E-state index is 14.7. The monoisotopic (exact) mass is 1500 g/mol. The summed E-state index contributed by atoms with van der Waals surface area (Å²) in [5.41, 5.74) is -0.304. The van der Waals surface area contributed by atoms with Gasteiger partial charge in [0, 0.05) is 85.1 Å². The van der Waals surface area contributed by atoms with Crippen molar-refractivity contribution in [2.75, 3.05) is 41.5 Å². The van der Waals surface area contributed by atoms with Crippen LogP contribution in [0.1, 0.15) is 119 Å². The Morgan fingerprint density at radius 3 is 1.30 bits per heavy atom. The van der Waals surface area contributed by atoms with Gasteiger partial charge in [0.05, 0.1) is 49.7 Å². The normalized spacial score (nSPS) is 23.2. The summed E-state index contributed by atoms with van der Waals surface area (Å²) in [6.45, 7) is 18.4. The van der Waals surface area contributed by atoms with Crippen molar-refractivity contribution < 1.29 is 85.5 Å². The number of carbonyl (C=O) groups excluding carboxylic acids is 7. The molecule has 28 heteroatoms. The van der Waals surface area contributed by atoms with Crippen LogP contribution in [-0.2, 0) is 51.9 Å². The smallest absolute Gasteiger partial charge is 0.434 e. The lowest BCUT2D eigenvalue weighted by Crippen LogP contribution is -2.60. The van der Waals surface area contributed by atoms with E-state index in [-0.39, 0.29) is 51.0 Å². The first-order valence-electron chi connectivity index (χ1n) is 36.6. The summed E-state index contributed by atoms with van der Waals surface area (Å²) in [7, 11) is 1.39. The number of carbonyl (C=O) groups is 8. The van der Waals surface area contributed by atoms with Crippen LogP contribution in [0.2, 0.25) is 0 Å². The summed E-state index contributed by atoms with van der Waals surface area (Å²) in [5.74, 6) is -2.97. The van der Waals surface area contributed by atoms with Gasteiger partial charge in [0.1, 0.15) is 82.7 Å². The quantitative estimate of drug-likeness (QED) is 0.0229. The second-order valence-corrected chi connectivity index (χ2v) is 32.6. The first kappa shape index (κ1) is 78.9. The van der Waals surface area contributed by atoms with E-state index in [0.29, 0.717) is 56.2 Å². The summed E-state index contributed by atoms with van der Waals surface area (Å²) < 4.78 is 58.4. The fourth-order valence-electron chi connectivity index (χ4n) is 14.7. The summed E-state index contributed by atoms with van der Waals surface area (Å²) >= 11 is 0. The van der Waals surface area contributed by atoms with E-state index in [9.17, 15) is 48.0 Å². The molecule has 2 saturated heterocycles. The van der Waals surface area contributed by atoms with E-state index >= 15 is 0 Å². The molecule has 4 aliphatic carbocycles. The number of nitrogens with one attached hydrogen (secondary N) is 5. The van der Waals surface area contributed by atoms with Gasteiger partial charge in [-0.15, -0.1) is 13.2 Å². The Bertz CT molecular complexity index is 4420. The third kappa shape index (κ3) is 17.7. The van der Waals surface area contributed by atoms with Gasteiger partial charge in [0.2, 0.25) is 23.6 Å². The van der Waals surface area contributed by atoms with Gasteiger partial charge in [-0.1, -0.05) is 114 Å². The Hall–Kier alpha value is -10.1. The highest BCUT2D eigenvalue weighted by molar-refractivity contribution is 7.52. The molecule has 12 rings (SSSR count). The standard InChI is InChI=1S/C41H52N5O10P.C39H46N4O8/c1-8-26-23-41(26,38(49)45-57(51,53-6)54-7)44-36(47)33-21-29(24-46(33)37(48)35(40(2,3)4)43-39(50)56-27-16-12-13-17-27)55-34-22-31(25-14-10-9-11-15-25)42-32-20-28(52-5)18-19-30(32)34;1-6-24-21-39(24,36(46)47)42-34(44)31-19-27(22-43(31)35(45)33(38(2,3)4)41-37(48)51-25-14-10-11-15-25)50-32-20-29(23-12-8-7-9-13-23)40-30-18-26(49-5)16-17-28(30)32/h8-11,14-15,18-20,22,26-27,29,33,35H,1,12-13,16-17,21,23-24H2,2-7H3,(H,43,50)(H,44,47)(H,45,49,51);6-9,12-13,16-18,20,24-25,27,31,33H,1,10-11,14-15,19,21-22H2,2-5H3,(H,41,48)(H,42,44)(H,46,47)/t26-,29-,33+,35-,41-;24-,27-,31+,33-,39-/m11/s1. The van der Waals surface area contributed by atoms with Gasteiger partial charge in [0.25, 0.3) is 5.91 Å². The Morgan fingerprint density at radius 1 is 0.556 bits per heavy atom. The number of carboxylic acid groups (broad SMARTS) is 1.